The third kappa shape index (κ3) is 7.98. The lowest BCUT2D eigenvalue weighted by Gasteiger charge is -2.19. The first-order valence-electron chi connectivity index (χ1n) is 6.69. The van der Waals surface area contributed by atoms with Gasteiger partial charge < -0.3 is 4.74 Å². The molecule has 1 aromatic heterocycles. The summed E-state index contributed by atoms with van der Waals surface area (Å²) in [6.45, 7) is 5.68. The van der Waals surface area contributed by atoms with Crippen molar-refractivity contribution in [1.29, 1.82) is 0 Å². The van der Waals surface area contributed by atoms with Crippen LogP contribution < -0.4 is 0 Å². The Bertz CT molecular complexity index is 396. The first kappa shape index (κ1) is 16.2. The molecular weight excluding hydrogens is 306 g/mol. The lowest BCUT2D eigenvalue weighted by atomic mass is 10.1. The fourth-order valence-corrected chi connectivity index (χ4v) is 1.93. The summed E-state index contributed by atoms with van der Waals surface area (Å²) in [4.78, 5) is 15.8. The quantitative estimate of drug-likeness (QED) is 0.578. The summed E-state index contributed by atoms with van der Waals surface area (Å²) in [5.74, 6) is -0.103. The van der Waals surface area contributed by atoms with Crippen molar-refractivity contribution in [1.82, 2.24) is 4.98 Å². The van der Waals surface area contributed by atoms with Gasteiger partial charge in [0.25, 0.3) is 0 Å². The number of aromatic nitrogens is 1. The Morgan fingerprint density at radius 1 is 1.26 bits per heavy atom. The highest BCUT2D eigenvalue weighted by atomic mass is 79.9. The van der Waals surface area contributed by atoms with Gasteiger partial charge >= 0.3 is 5.97 Å². The van der Waals surface area contributed by atoms with E-state index in [1.807, 2.05) is 39.1 Å². The Morgan fingerprint density at radius 3 is 2.58 bits per heavy atom. The van der Waals surface area contributed by atoms with Crippen LogP contribution in [0, 0.1) is 0 Å². The summed E-state index contributed by atoms with van der Waals surface area (Å²) in [7, 11) is 0. The molecule has 1 aromatic rings. The minimum Gasteiger partial charge on any atom is -0.460 e. The predicted octanol–water partition coefficient (Wildman–Crippen LogP) is 4.29. The Balaban J connectivity index is 2.11. The van der Waals surface area contributed by atoms with Crippen LogP contribution in [-0.4, -0.2) is 16.6 Å². The molecule has 0 atom stereocenters. The molecule has 0 spiro atoms. The summed E-state index contributed by atoms with van der Waals surface area (Å²) < 4.78 is 6.26. The van der Waals surface area contributed by atoms with Crippen molar-refractivity contribution in [2.24, 2.45) is 0 Å². The second kappa shape index (κ2) is 7.63. The summed E-state index contributed by atoms with van der Waals surface area (Å²) >= 11 is 3.36. The number of pyridine rings is 1. The van der Waals surface area contributed by atoms with Crippen molar-refractivity contribution in [3.63, 3.8) is 0 Å². The second-order valence-electron chi connectivity index (χ2n) is 5.61. The van der Waals surface area contributed by atoms with E-state index in [0.717, 1.165) is 35.8 Å². The first-order chi connectivity index (χ1) is 8.87. The lowest BCUT2D eigenvalue weighted by Crippen LogP contribution is -2.23. The van der Waals surface area contributed by atoms with E-state index in [0.29, 0.717) is 6.42 Å². The maximum absolute atomic E-state index is 11.5. The number of rotatable bonds is 6. The molecule has 106 valence electrons. The number of aryl methyl sites for hydroxylation is 1. The number of halogens is 1. The molecule has 0 aliphatic carbocycles. The van der Waals surface area contributed by atoms with Crippen molar-refractivity contribution in [3.8, 4) is 0 Å². The van der Waals surface area contributed by atoms with E-state index in [4.69, 9.17) is 4.74 Å². The maximum atomic E-state index is 11.5. The molecule has 19 heavy (non-hydrogen) atoms. The highest BCUT2D eigenvalue weighted by Crippen LogP contribution is 2.12. The van der Waals surface area contributed by atoms with Crippen LogP contribution in [-0.2, 0) is 16.0 Å². The summed E-state index contributed by atoms with van der Waals surface area (Å²) in [6.07, 6.45) is 6.24. The van der Waals surface area contributed by atoms with Crippen LogP contribution in [0.1, 0.15) is 52.1 Å². The van der Waals surface area contributed by atoms with E-state index in [-0.39, 0.29) is 11.6 Å². The Kier molecular flexibility index (Phi) is 6.49. The highest BCUT2D eigenvalue weighted by molar-refractivity contribution is 9.10. The van der Waals surface area contributed by atoms with Gasteiger partial charge in [0.05, 0.1) is 0 Å². The zero-order valence-corrected chi connectivity index (χ0v) is 13.5. The van der Waals surface area contributed by atoms with E-state index in [1.54, 1.807) is 0 Å². The third-order valence-corrected chi connectivity index (χ3v) is 2.99. The molecule has 0 saturated heterocycles. The molecule has 0 aliphatic heterocycles. The molecule has 3 nitrogen and oxygen atoms in total. The summed E-state index contributed by atoms with van der Waals surface area (Å²) in [6, 6.07) is 4.03. The zero-order valence-electron chi connectivity index (χ0n) is 11.9. The molecule has 1 heterocycles. The number of carbonyl (C=O) groups excluding carboxylic acids is 1. The molecule has 0 radical (unpaired) electrons. The van der Waals surface area contributed by atoms with Gasteiger partial charge in [-0.15, -0.1) is 0 Å². The smallest absolute Gasteiger partial charge is 0.306 e. The van der Waals surface area contributed by atoms with Gasteiger partial charge in [0.1, 0.15) is 5.60 Å². The largest absolute Gasteiger partial charge is 0.460 e. The molecule has 0 amide bonds. The van der Waals surface area contributed by atoms with Gasteiger partial charge in [0.15, 0.2) is 0 Å². The average molecular weight is 328 g/mol. The number of ether oxygens (including phenoxy) is 1. The van der Waals surface area contributed by atoms with E-state index in [9.17, 15) is 4.79 Å². The fourth-order valence-electron chi connectivity index (χ4n) is 1.70. The predicted molar refractivity (Wildman–Crippen MR) is 80.0 cm³/mol. The molecular formula is C15H22BrNO2. The molecule has 0 unspecified atom stereocenters. The lowest BCUT2D eigenvalue weighted by molar-refractivity contribution is -0.154. The average Bonchev–Trinajstić information content (AvgIpc) is 2.29. The van der Waals surface area contributed by atoms with Crippen molar-refractivity contribution in [2.45, 2.75) is 58.5 Å². The monoisotopic (exact) mass is 327 g/mol. The number of unbranched alkanes of at least 4 members (excludes halogenated alkanes) is 2. The molecule has 0 N–H and O–H groups in total. The molecule has 0 bridgehead atoms. The van der Waals surface area contributed by atoms with Crippen LogP contribution in [0.4, 0.5) is 0 Å². The Labute approximate surface area is 123 Å². The third-order valence-electron chi connectivity index (χ3n) is 2.52. The number of carbonyl (C=O) groups is 1. The number of hydrogen-bond donors (Lipinski definition) is 0. The Hall–Kier alpha value is -0.900. The van der Waals surface area contributed by atoms with Crippen LogP contribution in [0.5, 0.6) is 0 Å². The fraction of sp³-hybridized carbons (Fsp3) is 0.600. The summed E-state index contributed by atoms with van der Waals surface area (Å²) in [5, 5.41) is 0. The van der Waals surface area contributed by atoms with Gasteiger partial charge in [-0.25, -0.2) is 0 Å². The van der Waals surface area contributed by atoms with Crippen molar-refractivity contribution in [3.05, 3.63) is 28.5 Å². The Morgan fingerprint density at radius 2 is 2.00 bits per heavy atom. The zero-order chi connectivity index (χ0) is 14.3. The molecule has 0 fully saturated rings. The second-order valence-corrected chi connectivity index (χ2v) is 6.53. The minimum atomic E-state index is -0.377. The SMILES string of the molecule is CC(C)(C)OC(=O)CCCCCc1ccc(Br)cn1. The van der Waals surface area contributed by atoms with Gasteiger partial charge in [-0.1, -0.05) is 6.42 Å². The van der Waals surface area contributed by atoms with Gasteiger partial charge in [0, 0.05) is 22.8 Å². The van der Waals surface area contributed by atoms with Crippen molar-refractivity contribution < 1.29 is 9.53 Å². The minimum absolute atomic E-state index is 0.103. The van der Waals surface area contributed by atoms with E-state index in [1.165, 1.54) is 0 Å². The van der Waals surface area contributed by atoms with Crippen LogP contribution in [0.3, 0.4) is 0 Å². The number of hydrogen-bond acceptors (Lipinski definition) is 3. The van der Waals surface area contributed by atoms with Crippen LogP contribution in [0.15, 0.2) is 22.8 Å². The van der Waals surface area contributed by atoms with Crippen molar-refractivity contribution in [2.75, 3.05) is 0 Å². The number of nitrogens with zero attached hydrogens (tertiary/aromatic N) is 1. The standard InChI is InChI=1S/C15H22BrNO2/c1-15(2,3)19-14(18)8-6-4-5-7-13-10-9-12(16)11-17-13/h9-11H,4-8H2,1-3H3. The van der Waals surface area contributed by atoms with Crippen LogP contribution in [0.2, 0.25) is 0 Å². The first-order valence-corrected chi connectivity index (χ1v) is 7.48. The molecule has 1 rings (SSSR count). The van der Waals surface area contributed by atoms with E-state index < -0.39 is 0 Å². The topological polar surface area (TPSA) is 39.2 Å². The molecule has 0 aliphatic rings. The normalized spacial score (nSPS) is 11.4. The maximum Gasteiger partial charge on any atom is 0.306 e. The molecule has 4 heteroatoms. The van der Waals surface area contributed by atoms with E-state index >= 15 is 0 Å². The van der Waals surface area contributed by atoms with Crippen LogP contribution in [0.25, 0.3) is 0 Å². The van der Waals surface area contributed by atoms with Gasteiger partial charge in [0.2, 0.25) is 0 Å². The van der Waals surface area contributed by atoms with Crippen molar-refractivity contribution >= 4 is 21.9 Å². The highest BCUT2D eigenvalue weighted by Gasteiger charge is 2.15. The van der Waals surface area contributed by atoms with Gasteiger partial charge in [-0.05, 0) is 68.1 Å². The van der Waals surface area contributed by atoms with Crippen LogP contribution >= 0.6 is 15.9 Å². The number of esters is 1. The molecule has 0 saturated carbocycles. The molecule has 0 aromatic carbocycles. The summed E-state index contributed by atoms with van der Waals surface area (Å²) in [5.41, 5.74) is 0.721. The van der Waals surface area contributed by atoms with Gasteiger partial charge in [-0.2, -0.15) is 0 Å². The van der Waals surface area contributed by atoms with Gasteiger partial charge in [-0.3, -0.25) is 9.78 Å². The van der Waals surface area contributed by atoms with E-state index in [2.05, 4.69) is 20.9 Å².